The van der Waals surface area contributed by atoms with E-state index in [2.05, 4.69) is 31.3 Å². The summed E-state index contributed by atoms with van der Waals surface area (Å²) in [4.78, 5) is 24.6. The number of ether oxygens (including phenoxy) is 1. The second-order valence-electron chi connectivity index (χ2n) is 27.8. The minimum Gasteiger partial charge on any atom is -0.466 e. The summed E-state index contributed by atoms with van der Waals surface area (Å²) >= 11 is 0. The minimum atomic E-state index is -0.660. The predicted molar refractivity (Wildman–Crippen MR) is 380 cm³/mol. The molecule has 0 fully saturated rings. The predicted octanol–water partition coefficient (Wildman–Crippen LogP) is 26.3. The first-order chi connectivity index (χ1) is 42.5. The Morgan fingerprint density at radius 1 is 0.314 bits per heavy atom. The van der Waals surface area contributed by atoms with E-state index in [1.807, 2.05) is 0 Å². The molecule has 0 aromatic carbocycles. The molecular weight excluding hydrogens is 1050 g/mol. The second kappa shape index (κ2) is 76.1. The van der Waals surface area contributed by atoms with Crippen LogP contribution in [0.2, 0.25) is 0 Å². The molecule has 1 amide bonds. The zero-order chi connectivity index (χ0) is 62.0. The Morgan fingerprint density at radius 2 is 0.547 bits per heavy atom. The van der Waals surface area contributed by atoms with Gasteiger partial charge in [-0.15, -0.1) is 0 Å². The number of hydrogen-bond donors (Lipinski definition) is 3. The number of unbranched alkanes of at least 4 members (excludes halogenated alkanes) is 63. The second-order valence-corrected chi connectivity index (χ2v) is 27.8. The van der Waals surface area contributed by atoms with Gasteiger partial charge >= 0.3 is 5.97 Å². The number of hydrogen-bond acceptors (Lipinski definition) is 5. The van der Waals surface area contributed by atoms with Gasteiger partial charge in [0.05, 0.1) is 25.4 Å². The number of allylic oxidation sites excluding steroid dienone is 2. The SMILES string of the molecule is CCCCCCCCC/C=C\CCCCCCCC(=O)OCCCCCCCCCCCCCCCCCCCCCCCCCCCCCCCCCCCCCC(=O)NC(CO)C(O)CCCCCCCCCCCCCCCCCCCC. The van der Waals surface area contributed by atoms with E-state index in [4.69, 9.17) is 4.74 Å². The molecular formula is C80H157NO5. The van der Waals surface area contributed by atoms with Crippen molar-refractivity contribution >= 4 is 11.9 Å². The van der Waals surface area contributed by atoms with Gasteiger partial charge in [-0.05, 0) is 51.4 Å². The van der Waals surface area contributed by atoms with E-state index in [0.29, 0.717) is 25.9 Å². The van der Waals surface area contributed by atoms with E-state index in [-0.39, 0.29) is 18.5 Å². The fourth-order valence-electron chi connectivity index (χ4n) is 13.0. The van der Waals surface area contributed by atoms with Crippen molar-refractivity contribution in [1.29, 1.82) is 0 Å². The third-order valence-corrected chi connectivity index (χ3v) is 19.1. The smallest absolute Gasteiger partial charge is 0.305 e. The zero-order valence-electron chi connectivity index (χ0n) is 58.8. The number of carbonyl (C=O) groups excluding carboxylic acids is 2. The Kier molecular flexibility index (Phi) is 74.8. The van der Waals surface area contributed by atoms with Gasteiger partial charge in [-0.25, -0.2) is 0 Å². The monoisotopic (exact) mass is 1210 g/mol. The highest BCUT2D eigenvalue weighted by Gasteiger charge is 2.20. The van der Waals surface area contributed by atoms with E-state index in [0.717, 1.165) is 44.9 Å². The van der Waals surface area contributed by atoms with E-state index in [1.54, 1.807) is 0 Å². The Labute approximate surface area is 539 Å². The Morgan fingerprint density at radius 3 is 0.826 bits per heavy atom. The summed E-state index contributed by atoms with van der Waals surface area (Å²) in [6.45, 7) is 5.00. The minimum absolute atomic E-state index is 0.0164. The van der Waals surface area contributed by atoms with Crippen LogP contribution in [0.25, 0.3) is 0 Å². The van der Waals surface area contributed by atoms with Crippen molar-refractivity contribution in [2.75, 3.05) is 13.2 Å². The standard InChI is InChI=1S/C80H157NO5/c1-3-5-7-9-11-13-15-17-19-21-41-44-48-52-56-60-64-68-72-78(83)77(76-82)81-79(84)73-69-65-61-57-53-49-45-42-39-37-35-33-31-29-27-25-23-22-24-26-28-30-32-34-36-38-40-43-47-51-55-59-63-67-71-75-86-80(85)74-70-66-62-58-54-50-46-20-18-16-14-12-10-8-6-4-2/h20,46,77-78,82-83H,3-19,21-45,47-76H2,1-2H3,(H,81,84)/b46-20-. The molecule has 0 aromatic heterocycles. The molecule has 0 heterocycles. The van der Waals surface area contributed by atoms with E-state index >= 15 is 0 Å². The van der Waals surface area contributed by atoms with Crippen LogP contribution in [0, 0.1) is 0 Å². The Hall–Kier alpha value is -1.40. The van der Waals surface area contributed by atoms with Crippen LogP contribution in [0.5, 0.6) is 0 Å². The van der Waals surface area contributed by atoms with Crippen LogP contribution in [-0.2, 0) is 14.3 Å². The van der Waals surface area contributed by atoms with Gasteiger partial charge in [0, 0.05) is 12.8 Å². The summed E-state index contributed by atoms with van der Waals surface area (Å²) in [5.74, 6) is -0.00830. The lowest BCUT2D eigenvalue weighted by molar-refractivity contribution is -0.143. The molecule has 86 heavy (non-hydrogen) atoms. The summed E-state index contributed by atoms with van der Waals surface area (Å²) < 4.78 is 5.50. The van der Waals surface area contributed by atoms with Gasteiger partial charge in [0.2, 0.25) is 5.91 Å². The van der Waals surface area contributed by atoms with Crippen LogP contribution in [0.15, 0.2) is 12.2 Å². The molecule has 0 bridgehead atoms. The Bertz CT molecular complexity index is 1300. The largest absolute Gasteiger partial charge is 0.466 e. The molecule has 0 radical (unpaired) electrons. The molecule has 0 aromatic rings. The highest BCUT2D eigenvalue weighted by molar-refractivity contribution is 5.76. The maximum absolute atomic E-state index is 12.5. The van der Waals surface area contributed by atoms with E-state index in [1.165, 1.54) is 385 Å². The van der Waals surface area contributed by atoms with Gasteiger partial charge in [0.25, 0.3) is 0 Å². The van der Waals surface area contributed by atoms with Crippen molar-refractivity contribution < 1.29 is 24.5 Å². The van der Waals surface area contributed by atoms with Crippen molar-refractivity contribution in [1.82, 2.24) is 5.32 Å². The quantitative estimate of drug-likeness (QED) is 0.0320. The fourth-order valence-corrected chi connectivity index (χ4v) is 13.0. The molecule has 0 aliphatic rings. The highest BCUT2D eigenvalue weighted by atomic mass is 16.5. The molecule has 0 aliphatic heterocycles. The number of rotatable bonds is 76. The summed E-state index contributed by atoms with van der Waals surface area (Å²) in [5.41, 5.74) is 0. The van der Waals surface area contributed by atoms with Gasteiger partial charge in [-0.2, -0.15) is 0 Å². The molecule has 0 rings (SSSR count). The van der Waals surface area contributed by atoms with Crippen molar-refractivity contribution in [3.63, 3.8) is 0 Å². The molecule has 0 spiro atoms. The lowest BCUT2D eigenvalue weighted by Gasteiger charge is -2.22. The van der Waals surface area contributed by atoms with Gasteiger partial charge in [0.1, 0.15) is 0 Å². The van der Waals surface area contributed by atoms with Gasteiger partial charge in [0.15, 0.2) is 0 Å². The van der Waals surface area contributed by atoms with Crippen LogP contribution in [-0.4, -0.2) is 47.4 Å². The van der Waals surface area contributed by atoms with Crippen molar-refractivity contribution in [2.24, 2.45) is 0 Å². The number of aliphatic hydroxyl groups is 2. The van der Waals surface area contributed by atoms with E-state index in [9.17, 15) is 19.8 Å². The third kappa shape index (κ3) is 71.7. The maximum atomic E-state index is 12.5. The summed E-state index contributed by atoms with van der Waals surface area (Å²) in [5, 5.41) is 23.4. The average molecular weight is 1210 g/mol. The lowest BCUT2D eigenvalue weighted by Crippen LogP contribution is -2.45. The highest BCUT2D eigenvalue weighted by Crippen LogP contribution is 2.20. The number of esters is 1. The first-order valence-electron chi connectivity index (χ1n) is 39.9. The van der Waals surface area contributed by atoms with Crippen molar-refractivity contribution in [2.45, 2.75) is 475 Å². The van der Waals surface area contributed by atoms with Crippen LogP contribution in [0.4, 0.5) is 0 Å². The first-order valence-corrected chi connectivity index (χ1v) is 39.9. The zero-order valence-corrected chi connectivity index (χ0v) is 58.8. The van der Waals surface area contributed by atoms with Crippen molar-refractivity contribution in [3.8, 4) is 0 Å². The number of carbonyl (C=O) groups is 2. The van der Waals surface area contributed by atoms with Gasteiger partial charge in [-0.3, -0.25) is 9.59 Å². The molecule has 0 aliphatic carbocycles. The number of amides is 1. The van der Waals surface area contributed by atoms with Crippen LogP contribution >= 0.6 is 0 Å². The molecule has 2 unspecified atom stereocenters. The van der Waals surface area contributed by atoms with Gasteiger partial charge < -0.3 is 20.3 Å². The first kappa shape index (κ1) is 84.6. The summed E-state index contributed by atoms with van der Waals surface area (Å²) in [6, 6.07) is -0.537. The van der Waals surface area contributed by atoms with Crippen LogP contribution in [0.3, 0.4) is 0 Å². The van der Waals surface area contributed by atoms with Crippen LogP contribution < -0.4 is 5.32 Å². The van der Waals surface area contributed by atoms with Gasteiger partial charge in [-0.1, -0.05) is 411 Å². The number of nitrogens with one attached hydrogen (secondary N) is 1. The molecule has 0 saturated carbocycles. The fraction of sp³-hybridized carbons (Fsp3) is 0.950. The Balaban J connectivity index is 3.30. The topological polar surface area (TPSA) is 95.9 Å². The normalized spacial score (nSPS) is 12.5. The summed E-state index contributed by atoms with van der Waals surface area (Å²) in [6.07, 6.45) is 96.0. The lowest BCUT2D eigenvalue weighted by atomic mass is 10.0. The molecule has 6 nitrogen and oxygen atoms in total. The average Bonchev–Trinajstić information content (AvgIpc) is 3.54. The molecule has 3 N–H and O–H groups in total. The third-order valence-electron chi connectivity index (χ3n) is 19.1. The summed E-state index contributed by atoms with van der Waals surface area (Å²) in [7, 11) is 0. The molecule has 512 valence electrons. The van der Waals surface area contributed by atoms with E-state index < -0.39 is 12.1 Å². The van der Waals surface area contributed by atoms with Crippen LogP contribution in [0.1, 0.15) is 463 Å². The number of aliphatic hydroxyl groups excluding tert-OH is 2. The maximum Gasteiger partial charge on any atom is 0.305 e. The molecule has 0 saturated heterocycles. The molecule has 2 atom stereocenters. The van der Waals surface area contributed by atoms with Crippen molar-refractivity contribution in [3.05, 3.63) is 12.2 Å². The molecule has 6 heteroatoms.